The van der Waals surface area contributed by atoms with E-state index >= 15 is 0 Å². The van der Waals surface area contributed by atoms with Gasteiger partial charge in [-0.3, -0.25) is 4.79 Å². The molecule has 0 saturated heterocycles. The number of ether oxygens (including phenoxy) is 2. The van der Waals surface area contributed by atoms with Crippen molar-refractivity contribution in [2.24, 2.45) is 0 Å². The molecule has 0 fully saturated rings. The Morgan fingerprint density at radius 1 is 0.667 bits per heavy atom. The standard InChI is InChI=1S/C27H21O3/c28-27(23-14-8-3-9-15-23)24-16-17-25(29-19-21-10-4-1-5-11-21)26(18-24)30-20-22-12-6-2-7-13-22/h1-14,16-18H,19-20H2. The molecular formula is C27H21O3. The van der Waals surface area contributed by atoms with Crippen molar-refractivity contribution in [3.05, 3.63) is 131 Å². The van der Waals surface area contributed by atoms with E-state index in [0.717, 1.165) is 11.1 Å². The molecule has 0 bridgehead atoms. The van der Waals surface area contributed by atoms with Gasteiger partial charge in [-0.25, -0.2) is 0 Å². The molecule has 3 heteroatoms. The van der Waals surface area contributed by atoms with Gasteiger partial charge in [0, 0.05) is 11.1 Å². The van der Waals surface area contributed by atoms with Crippen LogP contribution < -0.4 is 9.47 Å². The van der Waals surface area contributed by atoms with Gasteiger partial charge in [0.2, 0.25) is 0 Å². The molecule has 0 N–H and O–H groups in total. The summed E-state index contributed by atoms with van der Waals surface area (Å²) in [6.45, 7) is 0.805. The van der Waals surface area contributed by atoms with Crippen LogP contribution in [0.3, 0.4) is 0 Å². The van der Waals surface area contributed by atoms with Crippen LogP contribution in [0, 0.1) is 6.07 Å². The molecule has 0 amide bonds. The van der Waals surface area contributed by atoms with E-state index in [4.69, 9.17) is 9.47 Å². The summed E-state index contributed by atoms with van der Waals surface area (Å²) in [4.78, 5) is 12.8. The molecule has 1 radical (unpaired) electrons. The third-order valence-electron chi connectivity index (χ3n) is 4.63. The van der Waals surface area contributed by atoms with Crippen molar-refractivity contribution in [1.29, 1.82) is 0 Å². The van der Waals surface area contributed by atoms with E-state index in [-0.39, 0.29) is 5.78 Å². The van der Waals surface area contributed by atoms with E-state index in [2.05, 4.69) is 6.07 Å². The highest BCUT2D eigenvalue weighted by Gasteiger charge is 2.14. The van der Waals surface area contributed by atoms with Crippen molar-refractivity contribution in [3.8, 4) is 11.5 Å². The van der Waals surface area contributed by atoms with Crippen LogP contribution >= 0.6 is 0 Å². The fourth-order valence-electron chi connectivity index (χ4n) is 3.04. The molecule has 3 nitrogen and oxygen atoms in total. The molecule has 0 aliphatic heterocycles. The molecule has 0 heterocycles. The molecular weight excluding hydrogens is 372 g/mol. The lowest BCUT2D eigenvalue weighted by Crippen LogP contribution is -2.05. The Bertz CT molecular complexity index is 1090. The molecule has 0 unspecified atom stereocenters. The first-order valence-corrected chi connectivity index (χ1v) is 9.78. The first-order valence-electron chi connectivity index (χ1n) is 9.78. The van der Waals surface area contributed by atoms with Crippen LogP contribution in [0.1, 0.15) is 27.0 Å². The third kappa shape index (κ3) is 4.95. The number of rotatable bonds is 8. The number of hydrogen-bond donors (Lipinski definition) is 0. The lowest BCUT2D eigenvalue weighted by Gasteiger charge is -2.14. The number of carbonyl (C=O) groups excluding carboxylic acids is 1. The molecule has 0 aliphatic carbocycles. The van der Waals surface area contributed by atoms with Crippen molar-refractivity contribution < 1.29 is 14.3 Å². The van der Waals surface area contributed by atoms with Crippen molar-refractivity contribution in [3.63, 3.8) is 0 Å². The van der Waals surface area contributed by atoms with E-state index < -0.39 is 0 Å². The average molecular weight is 393 g/mol. The summed E-state index contributed by atoms with van der Waals surface area (Å²) < 4.78 is 12.1. The van der Waals surface area contributed by atoms with Crippen LogP contribution in [-0.4, -0.2) is 5.78 Å². The lowest BCUT2D eigenvalue weighted by molar-refractivity contribution is 0.103. The minimum Gasteiger partial charge on any atom is -0.485 e. The summed E-state index contributed by atoms with van der Waals surface area (Å²) >= 11 is 0. The minimum absolute atomic E-state index is 0.102. The second kappa shape index (κ2) is 9.57. The Morgan fingerprint density at radius 3 is 1.87 bits per heavy atom. The molecule has 4 rings (SSSR count). The van der Waals surface area contributed by atoms with Gasteiger partial charge >= 0.3 is 0 Å². The van der Waals surface area contributed by atoms with Gasteiger partial charge < -0.3 is 9.47 Å². The predicted molar refractivity (Wildman–Crippen MR) is 117 cm³/mol. The highest BCUT2D eigenvalue weighted by molar-refractivity contribution is 6.09. The van der Waals surface area contributed by atoms with E-state index in [9.17, 15) is 4.79 Å². The van der Waals surface area contributed by atoms with Gasteiger partial charge in [-0.05, 0) is 35.4 Å². The fraction of sp³-hybridized carbons (Fsp3) is 0.0741. The maximum absolute atomic E-state index is 12.8. The van der Waals surface area contributed by atoms with Crippen LogP contribution in [0.4, 0.5) is 0 Å². The maximum atomic E-state index is 12.8. The summed E-state index contributed by atoms with van der Waals surface area (Å²) in [6.07, 6.45) is 0. The van der Waals surface area contributed by atoms with Gasteiger partial charge in [0.05, 0.1) is 0 Å². The Labute approximate surface area is 176 Å². The zero-order valence-corrected chi connectivity index (χ0v) is 16.5. The number of hydrogen-bond acceptors (Lipinski definition) is 3. The monoisotopic (exact) mass is 393 g/mol. The van der Waals surface area contributed by atoms with E-state index in [1.54, 1.807) is 30.3 Å². The number of carbonyl (C=O) groups is 1. The SMILES string of the molecule is O=C(c1[c]cccc1)c1ccc(OCc2ccccc2)c(OCc2ccccc2)c1. The van der Waals surface area contributed by atoms with E-state index in [1.165, 1.54) is 0 Å². The van der Waals surface area contributed by atoms with E-state index in [0.29, 0.717) is 35.8 Å². The summed E-state index contributed by atoms with van der Waals surface area (Å²) in [5.74, 6) is 1.04. The van der Waals surface area contributed by atoms with Gasteiger partial charge in [0.25, 0.3) is 0 Å². The Morgan fingerprint density at radius 2 is 1.27 bits per heavy atom. The minimum atomic E-state index is -0.102. The van der Waals surface area contributed by atoms with Gasteiger partial charge in [0.15, 0.2) is 17.3 Å². The van der Waals surface area contributed by atoms with Gasteiger partial charge in [0.1, 0.15) is 13.2 Å². The van der Waals surface area contributed by atoms with Crippen LogP contribution in [0.5, 0.6) is 11.5 Å². The summed E-state index contributed by atoms with van der Waals surface area (Å²) in [7, 11) is 0. The molecule has 0 aliphatic rings. The smallest absolute Gasteiger partial charge is 0.193 e. The largest absolute Gasteiger partial charge is 0.485 e. The van der Waals surface area contributed by atoms with E-state index in [1.807, 2.05) is 72.8 Å². The quantitative estimate of drug-likeness (QED) is 0.351. The Balaban J connectivity index is 1.58. The van der Waals surface area contributed by atoms with Crippen LogP contribution in [-0.2, 0) is 13.2 Å². The van der Waals surface area contributed by atoms with Crippen molar-refractivity contribution >= 4 is 5.78 Å². The lowest BCUT2D eigenvalue weighted by atomic mass is 10.0. The van der Waals surface area contributed by atoms with Crippen LogP contribution in [0.25, 0.3) is 0 Å². The highest BCUT2D eigenvalue weighted by atomic mass is 16.5. The molecule has 0 spiro atoms. The van der Waals surface area contributed by atoms with Crippen molar-refractivity contribution in [2.75, 3.05) is 0 Å². The molecule has 0 atom stereocenters. The third-order valence-corrected chi connectivity index (χ3v) is 4.63. The second-order valence-corrected chi connectivity index (χ2v) is 6.82. The summed E-state index contributed by atoms with van der Waals surface area (Å²) in [5, 5.41) is 0. The fourth-order valence-corrected chi connectivity index (χ4v) is 3.04. The number of benzene rings is 4. The molecule has 4 aromatic carbocycles. The molecule has 0 saturated carbocycles. The Kier molecular flexibility index (Phi) is 6.21. The first-order chi connectivity index (χ1) is 14.8. The van der Waals surface area contributed by atoms with Crippen LogP contribution in [0.2, 0.25) is 0 Å². The number of ketones is 1. The van der Waals surface area contributed by atoms with Crippen molar-refractivity contribution in [2.45, 2.75) is 13.2 Å². The zero-order valence-electron chi connectivity index (χ0n) is 16.5. The first kappa shape index (κ1) is 19.5. The molecule has 0 aromatic heterocycles. The second-order valence-electron chi connectivity index (χ2n) is 6.82. The van der Waals surface area contributed by atoms with Gasteiger partial charge in [-0.2, -0.15) is 0 Å². The summed E-state index contributed by atoms with van der Waals surface area (Å²) in [5.41, 5.74) is 3.15. The van der Waals surface area contributed by atoms with Gasteiger partial charge in [-0.15, -0.1) is 0 Å². The summed E-state index contributed by atoms with van der Waals surface area (Å²) in [6, 6.07) is 35.3. The predicted octanol–water partition coefficient (Wildman–Crippen LogP) is 5.88. The molecule has 147 valence electrons. The average Bonchev–Trinajstić information content (AvgIpc) is 2.83. The Hall–Kier alpha value is -3.85. The van der Waals surface area contributed by atoms with Gasteiger partial charge in [-0.1, -0.05) is 84.9 Å². The van der Waals surface area contributed by atoms with Crippen LogP contribution in [0.15, 0.2) is 103 Å². The zero-order chi connectivity index (χ0) is 20.6. The normalized spacial score (nSPS) is 10.4. The van der Waals surface area contributed by atoms with Crippen molar-refractivity contribution in [1.82, 2.24) is 0 Å². The topological polar surface area (TPSA) is 35.5 Å². The molecule has 4 aromatic rings. The highest BCUT2D eigenvalue weighted by Crippen LogP contribution is 2.31. The maximum Gasteiger partial charge on any atom is 0.193 e. The molecule has 30 heavy (non-hydrogen) atoms.